The highest BCUT2D eigenvalue weighted by Crippen LogP contribution is 2.22. The highest BCUT2D eigenvalue weighted by atomic mass is 16.5. The number of hydrogen-bond donors (Lipinski definition) is 0. The van der Waals surface area contributed by atoms with Crippen LogP contribution in [0.3, 0.4) is 0 Å². The highest BCUT2D eigenvalue weighted by Gasteiger charge is 2.02. The molecule has 0 N–H and O–H groups in total. The normalized spacial score (nSPS) is 10.1. The zero-order valence-corrected chi connectivity index (χ0v) is 10.9. The lowest BCUT2D eigenvalue weighted by Gasteiger charge is -2.09. The van der Waals surface area contributed by atoms with Crippen LogP contribution in [0.4, 0.5) is 0 Å². The quantitative estimate of drug-likeness (QED) is 0.740. The van der Waals surface area contributed by atoms with Crippen molar-refractivity contribution in [1.29, 1.82) is 0 Å². The molecule has 1 nitrogen and oxygen atoms in total. The summed E-state index contributed by atoms with van der Waals surface area (Å²) < 4.78 is 5.44. The first-order chi connectivity index (χ1) is 8.70. The summed E-state index contributed by atoms with van der Waals surface area (Å²) in [6.45, 7) is 6.85. The Morgan fingerprint density at radius 3 is 2.44 bits per heavy atom. The minimum atomic E-state index is 0.693. The number of rotatable bonds is 4. The van der Waals surface area contributed by atoms with Crippen LogP contribution in [0.15, 0.2) is 55.1 Å². The summed E-state index contributed by atoms with van der Waals surface area (Å²) >= 11 is 0. The summed E-state index contributed by atoms with van der Waals surface area (Å²) in [4.78, 5) is 0. The van der Waals surface area contributed by atoms with E-state index in [-0.39, 0.29) is 0 Å². The van der Waals surface area contributed by atoms with E-state index in [9.17, 15) is 0 Å². The number of benzene rings is 2. The molecule has 0 aliphatic heterocycles. The van der Waals surface area contributed by atoms with Crippen molar-refractivity contribution in [3.63, 3.8) is 0 Å². The van der Waals surface area contributed by atoms with E-state index in [4.69, 9.17) is 4.74 Å². The molecule has 0 saturated heterocycles. The summed E-state index contributed by atoms with van der Waals surface area (Å²) in [5.74, 6) is 0.901. The van der Waals surface area contributed by atoms with Crippen LogP contribution >= 0.6 is 0 Å². The van der Waals surface area contributed by atoms with Crippen molar-refractivity contribution in [3.05, 3.63) is 66.2 Å². The van der Waals surface area contributed by atoms with Crippen LogP contribution < -0.4 is 10.2 Å². The predicted molar refractivity (Wildman–Crippen MR) is 80.4 cm³/mol. The Morgan fingerprint density at radius 1 is 1.11 bits per heavy atom. The Bertz CT molecular complexity index is 543. The van der Waals surface area contributed by atoms with Crippen molar-refractivity contribution < 1.29 is 4.74 Å². The van der Waals surface area contributed by atoms with E-state index in [1.54, 1.807) is 0 Å². The maximum absolute atomic E-state index is 5.44. The Labute approximate surface area is 110 Å². The van der Waals surface area contributed by atoms with E-state index >= 15 is 0 Å². The van der Waals surface area contributed by atoms with Gasteiger partial charge in [-0.1, -0.05) is 48.4 Å². The molecule has 0 heterocycles. The third kappa shape index (κ3) is 2.83. The molecule has 18 heavy (non-hydrogen) atoms. The zero-order valence-electron chi connectivity index (χ0n) is 10.9. The topological polar surface area (TPSA) is 9.23 Å². The van der Waals surface area contributed by atoms with Crippen LogP contribution in [0.25, 0.3) is 5.57 Å². The van der Waals surface area contributed by atoms with E-state index in [1.165, 1.54) is 11.0 Å². The van der Waals surface area contributed by atoms with Crippen LogP contribution in [0, 0.1) is 0 Å². The maximum atomic E-state index is 5.44. The summed E-state index contributed by atoms with van der Waals surface area (Å²) in [5.41, 5.74) is 4.59. The lowest BCUT2D eigenvalue weighted by molar-refractivity contribution is 0.340. The molecule has 0 aliphatic carbocycles. The van der Waals surface area contributed by atoms with Crippen molar-refractivity contribution in [1.82, 2.24) is 0 Å². The summed E-state index contributed by atoms with van der Waals surface area (Å²) in [6, 6.07) is 16.5. The molecular weight excluding hydrogens is 219 g/mol. The number of hydrogen-bond acceptors (Lipinski definition) is 1. The first-order valence-corrected chi connectivity index (χ1v) is 6.20. The van der Waals surface area contributed by atoms with Gasteiger partial charge in [0.2, 0.25) is 0 Å². The molecule has 2 aromatic carbocycles. The Hall–Kier alpha value is -1.96. The third-order valence-electron chi connectivity index (χ3n) is 2.88. The van der Waals surface area contributed by atoms with E-state index in [2.05, 4.69) is 50.8 Å². The van der Waals surface area contributed by atoms with Crippen molar-refractivity contribution >= 4 is 18.9 Å². The molecule has 0 spiro atoms. The SMILES string of the molecule is Bc1cccc(C(=C)c2ccc(OCC)cc2)c1. The lowest BCUT2D eigenvalue weighted by atomic mass is 9.91. The fourth-order valence-corrected chi connectivity index (χ4v) is 1.92. The van der Waals surface area contributed by atoms with E-state index < -0.39 is 0 Å². The zero-order chi connectivity index (χ0) is 13.0. The van der Waals surface area contributed by atoms with Gasteiger partial charge in [-0.05, 0) is 35.8 Å². The molecule has 2 aromatic rings. The largest absolute Gasteiger partial charge is 0.494 e. The average molecular weight is 236 g/mol. The van der Waals surface area contributed by atoms with Crippen molar-refractivity contribution in [2.45, 2.75) is 6.92 Å². The van der Waals surface area contributed by atoms with Gasteiger partial charge in [-0.2, -0.15) is 0 Å². The maximum Gasteiger partial charge on any atom is 0.139 e. The first kappa shape index (κ1) is 12.5. The standard InChI is InChI=1S/C16H17BO/c1-3-18-16-9-7-13(8-10-16)12(2)14-5-4-6-15(17)11-14/h4-11H,2-3,17H2,1H3. The van der Waals surface area contributed by atoms with Crippen molar-refractivity contribution in [2.24, 2.45) is 0 Å². The molecule has 0 amide bonds. The van der Waals surface area contributed by atoms with Gasteiger partial charge in [-0.25, -0.2) is 0 Å². The van der Waals surface area contributed by atoms with Crippen LogP contribution in [0.1, 0.15) is 18.1 Å². The molecule has 90 valence electrons. The van der Waals surface area contributed by atoms with E-state index in [1.807, 2.05) is 19.1 Å². The monoisotopic (exact) mass is 236 g/mol. The molecule has 2 heteroatoms. The van der Waals surface area contributed by atoms with E-state index in [0.717, 1.165) is 16.9 Å². The van der Waals surface area contributed by atoms with Crippen molar-refractivity contribution in [3.8, 4) is 5.75 Å². The molecule has 0 radical (unpaired) electrons. The molecule has 0 aliphatic rings. The minimum absolute atomic E-state index is 0.693. The molecule has 0 aromatic heterocycles. The van der Waals surface area contributed by atoms with Gasteiger partial charge in [0, 0.05) is 0 Å². The lowest BCUT2D eigenvalue weighted by Crippen LogP contribution is -2.02. The van der Waals surface area contributed by atoms with Crippen molar-refractivity contribution in [2.75, 3.05) is 6.61 Å². The van der Waals surface area contributed by atoms with Gasteiger partial charge in [0.1, 0.15) is 13.6 Å². The second kappa shape index (κ2) is 5.59. The molecule has 2 rings (SSSR count). The number of ether oxygens (including phenoxy) is 1. The highest BCUT2D eigenvalue weighted by molar-refractivity contribution is 6.32. The van der Waals surface area contributed by atoms with Gasteiger partial charge in [-0.3, -0.25) is 0 Å². The second-order valence-corrected chi connectivity index (χ2v) is 4.31. The second-order valence-electron chi connectivity index (χ2n) is 4.31. The fraction of sp³-hybridized carbons (Fsp3) is 0.125. The molecule has 0 bridgehead atoms. The summed E-state index contributed by atoms with van der Waals surface area (Å²) in [6.07, 6.45) is 0. The molecule has 0 unspecified atom stereocenters. The Morgan fingerprint density at radius 2 is 1.83 bits per heavy atom. The van der Waals surface area contributed by atoms with Gasteiger partial charge in [0.05, 0.1) is 6.61 Å². The summed E-state index contributed by atoms with van der Waals surface area (Å²) in [7, 11) is 2.09. The van der Waals surface area contributed by atoms with E-state index in [0.29, 0.717) is 6.61 Å². The van der Waals surface area contributed by atoms with Gasteiger partial charge < -0.3 is 4.74 Å². The van der Waals surface area contributed by atoms with Crippen LogP contribution in [0.5, 0.6) is 5.75 Å². The van der Waals surface area contributed by atoms with Gasteiger partial charge in [-0.15, -0.1) is 0 Å². The third-order valence-corrected chi connectivity index (χ3v) is 2.88. The molecular formula is C16H17BO. The Balaban J connectivity index is 2.23. The minimum Gasteiger partial charge on any atom is -0.494 e. The molecule has 0 fully saturated rings. The first-order valence-electron chi connectivity index (χ1n) is 6.20. The van der Waals surface area contributed by atoms with Crippen LogP contribution in [-0.2, 0) is 0 Å². The average Bonchev–Trinajstić information content (AvgIpc) is 2.39. The molecule has 0 saturated carbocycles. The Kier molecular flexibility index (Phi) is 3.88. The van der Waals surface area contributed by atoms with Crippen LogP contribution in [0.2, 0.25) is 0 Å². The van der Waals surface area contributed by atoms with Gasteiger partial charge in [0.15, 0.2) is 0 Å². The predicted octanol–water partition coefficient (Wildman–Crippen LogP) is 2.41. The fourth-order valence-electron chi connectivity index (χ4n) is 1.92. The molecule has 0 atom stereocenters. The summed E-state index contributed by atoms with van der Waals surface area (Å²) in [5, 5.41) is 0. The van der Waals surface area contributed by atoms with Gasteiger partial charge in [0.25, 0.3) is 0 Å². The van der Waals surface area contributed by atoms with Crippen LogP contribution in [-0.4, -0.2) is 14.5 Å². The smallest absolute Gasteiger partial charge is 0.139 e. The van der Waals surface area contributed by atoms with Gasteiger partial charge >= 0.3 is 0 Å².